The highest BCUT2D eigenvalue weighted by molar-refractivity contribution is 7.98. The van der Waals surface area contributed by atoms with Crippen LogP contribution in [-0.4, -0.2) is 55.8 Å². The van der Waals surface area contributed by atoms with Crippen molar-refractivity contribution in [2.45, 2.75) is 52.4 Å². The summed E-state index contributed by atoms with van der Waals surface area (Å²) in [7, 11) is 0. The van der Waals surface area contributed by atoms with Crippen LogP contribution in [0.3, 0.4) is 0 Å². The highest BCUT2D eigenvalue weighted by atomic mass is 32.2. The maximum Gasteiger partial charge on any atom is 0.345 e. The summed E-state index contributed by atoms with van der Waals surface area (Å²) in [6.45, 7) is 11.3. The normalized spacial score (nSPS) is 11.9. The zero-order chi connectivity index (χ0) is 38.1. The van der Waals surface area contributed by atoms with Crippen LogP contribution in [0.4, 0.5) is 11.4 Å². The number of nitrogens with zero attached hydrogens (tertiary/aromatic N) is 4. The molecule has 0 aliphatic heterocycles. The Bertz CT molecular complexity index is 2300. The average molecular weight is 739 g/mol. The molecule has 0 saturated heterocycles. The summed E-state index contributed by atoms with van der Waals surface area (Å²) >= 11 is 1.59. The molecular formula is C40H42N4O8S. The van der Waals surface area contributed by atoms with Crippen LogP contribution in [-0.2, 0) is 19.3 Å². The van der Waals surface area contributed by atoms with Crippen LogP contribution in [0.1, 0.15) is 64.2 Å². The minimum Gasteiger partial charge on any atom is -0.422 e. The Kier molecular flexibility index (Phi) is 12.9. The lowest BCUT2D eigenvalue weighted by Crippen LogP contribution is -2.27. The summed E-state index contributed by atoms with van der Waals surface area (Å²) in [5, 5.41) is 9.17. The van der Waals surface area contributed by atoms with Gasteiger partial charge in [-0.05, 0) is 88.4 Å². The van der Waals surface area contributed by atoms with E-state index in [2.05, 4.69) is 38.8 Å². The molecule has 0 atom stereocenters. The van der Waals surface area contributed by atoms with Gasteiger partial charge in [-0.2, -0.15) is 0 Å². The maximum atomic E-state index is 13.3. The van der Waals surface area contributed by atoms with Gasteiger partial charge in [-0.25, -0.2) is 19.2 Å². The van der Waals surface area contributed by atoms with Crippen molar-refractivity contribution in [3.8, 4) is 0 Å². The van der Waals surface area contributed by atoms with E-state index in [0.717, 1.165) is 60.7 Å². The number of benzene rings is 3. The number of thioether (sulfide) groups is 1. The predicted molar refractivity (Wildman–Crippen MR) is 210 cm³/mol. The van der Waals surface area contributed by atoms with Crippen molar-refractivity contribution >= 4 is 68.4 Å². The van der Waals surface area contributed by atoms with E-state index in [1.807, 2.05) is 66.9 Å². The molecule has 0 amide bonds. The number of rotatable bonds is 15. The Balaban J connectivity index is 1.27. The van der Waals surface area contributed by atoms with E-state index in [0.29, 0.717) is 22.1 Å². The van der Waals surface area contributed by atoms with Crippen molar-refractivity contribution in [3.63, 3.8) is 0 Å². The number of hydrogen-bond donors (Lipinski definition) is 0. The molecule has 12 nitrogen and oxygen atoms in total. The topological polar surface area (TPSA) is 144 Å². The zero-order valence-corrected chi connectivity index (χ0v) is 31.5. The van der Waals surface area contributed by atoms with Gasteiger partial charge in [0.15, 0.2) is 0 Å². The van der Waals surface area contributed by atoms with Gasteiger partial charge in [-0.3, -0.25) is 0 Å². The van der Waals surface area contributed by atoms with E-state index in [-0.39, 0.29) is 22.6 Å². The number of hydrogen-bond acceptors (Lipinski definition) is 13. The smallest absolute Gasteiger partial charge is 0.345 e. The zero-order valence-electron chi connectivity index (χ0n) is 30.6. The van der Waals surface area contributed by atoms with Gasteiger partial charge in [0.1, 0.15) is 16.9 Å². The second-order valence-corrected chi connectivity index (χ2v) is 13.1. The van der Waals surface area contributed by atoms with E-state index < -0.39 is 23.2 Å². The Hall–Kier alpha value is -5.69. The van der Waals surface area contributed by atoms with Gasteiger partial charge < -0.3 is 28.3 Å². The van der Waals surface area contributed by atoms with Crippen LogP contribution in [0.5, 0.6) is 0 Å². The Morgan fingerprint density at radius 1 is 0.679 bits per heavy atom. The van der Waals surface area contributed by atoms with Crippen molar-refractivity contribution in [1.29, 1.82) is 0 Å². The van der Waals surface area contributed by atoms with Gasteiger partial charge in [0.25, 0.3) is 0 Å². The predicted octanol–water partition coefficient (Wildman–Crippen LogP) is 7.36. The lowest BCUT2D eigenvalue weighted by atomic mass is 10.0. The maximum absolute atomic E-state index is 13.3. The van der Waals surface area contributed by atoms with Gasteiger partial charge in [-0.15, -0.1) is 11.8 Å². The number of oxime groups is 2. The molecule has 2 heterocycles. The first-order valence-electron chi connectivity index (χ1n) is 17.3. The highest BCUT2D eigenvalue weighted by Gasteiger charge is 2.18. The van der Waals surface area contributed by atoms with E-state index in [9.17, 15) is 19.2 Å². The molecule has 0 unspecified atom stereocenters. The van der Waals surface area contributed by atoms with Gasteiger partial charge in [0, 0.05) is 84.8 Å². The number of fused-ring (bicyclic) bond motifs is 2. The minimum atomic E-state index is -0.597. The molecule has 0 radical (unpaired) electrons. The average Bonchev–Trinajstić information content (AvgIpc) is 3.15. The molecule has 13 heteroatoms. The van der Waals surface area contributed by atoms with Gasteiger partial charge in [0.05, 0.1) is 16.8 Å². The molecule has 0 bridgehead atoms. The third-order valence-corrected chi connectivity index (χ3v) is 9.37. The number of anilines is 2. The number of carbonyl (C=O) groups is 2. The monoisotopic (exact) mass is 738 g/mol. The van der Waals surface area contributed by atoms with Crippen LogP contribution in [0.2, 0.25) is 0 Å². The van der Waals surface area contributed by atoms with Crippen LogP contribution in [0.15, 0.2) is 106 Å². The van der Waals surface area contributed by atoms with Crippen molar-refractivity contribution in [2.24, 2.45) is 10.3 Å². The van der Waals surface area contributed by atoms with Crippen LogP contribution in [0, 0.1) is 0 Å². The fourth-order valence-electron chi connectivity index (χ4n) is 5.85. The molecule has 0 aliphatic carbocycles. The largest absolute Gasteiger partial charge is 0.422 e. The van der Waals surface area contributed by atoms with Crippen molar-refractivity contribution in [3.05, 3.63) is 110 Å². The summed E-state index contributed by atoms with van der Waals surface area (Å²) in [5.74, 6) is -1.17. The first-order valence-corrected chi connectivity index (χ1v) is 18.5. The lowest BCUT2D eigenvalue weighted by Gasteiger charge is -2.26. The highest BCUT2D eigenvalue weighted by Crippen LogP contribution is 2.26. The van der Waals surface area contributed by atoms with Gasteiger partial charge >= 0.3 is 23.2 Å². The molecule has 5 rings (SSSR count). The summed E-state index contributed by atoms with van der Waals surface area (Å²) in [6, 6.07) is 22.4. The van der Waals surface area contributed by atoms with E-state index >= 15 is 0 Å². The second kappa shape index (κ2) is 17.7. The van der Waals surface area contributed by atoms with Crippen molar-refractivity contribution < 1.29 is 28.1 Å². The van der Waals surface area contributed by atoms with Gasteiger partial charge in [-0.1, -0.05) is 22.4 Å². The van der Waals surface area contributed by atoms with E-state index in [1.54, 1.807) is 30.8 Å². The SMILES string of the molecule is CCN(CCCCN(CC)c1ccc2cc(/C(=N/OC(C)=O)c3ccc(SC)cc3)c(=O)oc2c1)c1ccc2cc(/C(C)=N/OC(C)=O)c(=O)oc2c1. The quantitative estimate of drug-likeness (QED) is 0.0265. The number of unbranched alkanes of at least 4 members (excludes halogenated alkanes) is 1. The molecule has 3 aromatic carbocycles. The van der Waals surface area contributed by atoms with E-state index in [4.69, 9.17) is 13.7 Å². The second-order valence-electron chi connectivity index (χ2n) is 12.2. The standard InChI is InChI=1S/C40H42N4O8S/c1-7-43(31-15-11-29-21-34(25(3)41-51-26(4)45)39(47)49-36(29)23-31)19-9-10-20-44(8-2)32-16-12-30-22-35(40(48)50-37(30)24-32)38(42-52-27(5)46)28-13-17-33(53-6)18-14-28/h11-18,21-24H,7-10,19-20H2,1-6H3/b41-25+,42-38+. The first kappa shape index (κ1) is 38.5. The van der Waals surface area contributed by atoms with Gasteiger partial charge in [0.2, 0.25) is 0 Å². The fourth-order valence-corrected chi connectivity index (χ4v) is 6.26. The first-order chi connectivity index (χ1) is 25.5. The third kappa shape index (κ3) is 9.60. The molecule has 2 aromatic heterocycles. The van der Waals surface area contributed by atoms with E-state index in [1.165, 1.54) is 13.8 Å². The third-order valence-electron chi connectivity index (χ3n) is 8.62. The molecule has 0 aliphatic rings. The Morgan fingerprint density at radius 2 is 1.17 bits per heavy atom. The summed E-state index contributed by atoms with van der Waals surface area (Å²) in [6.07, 6.45) is 3.78. The van der Waals surface area contributed by atoms with Crippen molar-refractivity contribution in [1.82, 2.24) is 0 Å². The molecule has 53 heavy (non-hydrogen) atoms. The Labute approximate surface area is 311 Å². The van der Waals surface area contributed by atoms with Crippen LogP contribution in [0.25, 0.3) is 21.9 Å². The molecule has 0 fully saturated rings. The number of carbonyl (C=O) groups excluding carboxylic acids is 2. The molecule has 0 saturated carbocycles. The van der Waals surface area contributed by atoms with Crippen molar-refractivity contribution in [2.75, 3.05) is 42.2 Å². The van der Waals surface area contributed by atoms with Crippen LogP contribution >= 0.6 is 11.8 Å². The summed E-state index contributed by atoms with van der Waals surface area (Å²) in [4.78, 5) is 63.8. The molecule has 0 spiro atoms. The molecular weight excluding hydrogens is 697 g/mol. The Morgan fingerprint density at radius 3 is 1.66 bits per heavy atom. The molecule has 0 N–H and O–H groups in total. The summed E-state index contributed by atoms with van der Waals surface area (Å²) < 4.78 is 11.4. The molecule has 276 valence electrons. The lowest BCUT2D eigenvalue weighted by molar-refractivity contribution is -0.141. The molecule has 5 aromatic rings. The van der Waals surface area contributed by atoms with Crippen LogP contribution < -0.4 is 21.1 Å². The minimum absolute atomic E-state index is 0.190. The summed E-state index contributed by atoms with van der Waals surface area (Å²) in [5.41, 5.74) is 3.12. The fraction of sp³-hybridized carbons (Fsp3) is 0.300.